The summed E-state index contributed by atoms with van der Waals surface area (Å²) in [6.45, 7) is 11.1. The number of piperidine rings is 1. The SMILES string of the molecule is Cc1ccc(-n2nc(C)c(C(=O)OCC(=O)N3C[C@@H](C)C[C@H](C)C3)n2)c(C)c1. The average molecular weight is 384 g/mol. The number of likely N-dealkylation sites (tertiary alicyclic amines) is 1. The van der Waals surface area contributed by atoms with Crippen LogP contribution in [0.25, 0.3) is 5.69 Å². The fraction of sp³-hybridized carbons (Fsp3) is 0.524. The van der Waals surface area contributed by atoms with Crippen molar-refractivity contribution < 1.29 is 14.3 Å². The van der Waals surface area contributed by atoms with Crippen LogP contribution in [0.15, 0.2) is 18.2 Å². The van der Waals surface area contributed by atoms with E-state index in [-0.39, 0.29) is 18.2 Å². The van der Waals surface area contributed by atoms with Crippen molar-refractivity contribution in [2.45, 2.75) is 41.0 Å². The minimum atomic E-state index is -0.625. The number of rotatable bonds is 4. The molecular weight excluding hydrogens is 356 g/mol. The van der Waals surface area contributed by atoms with Crippen molar-refractivity contribution in [3.8, 4) is 5.69 Å². The van der Waals surface area contributed by atoms with Gasteiger partial charge in [0.1, 0.15) is 0 Å². The molecule has 2 aromatic rings. The summed E-state index contributed by atoms with van der Waals surface area (Å²) in [6, 6.07) is 5.92. The second-order valence-electron chi connectivity index (χ2n) is 8.03. The molecule has 150 valence electrons. The molecule has 2 atom stereocenters. The van der Waals surface area contributed by atoms with Crippen LogP contribution in [0.1, 0.15) is 47.6 Å². The molecule has 0 spiro atoms. The van der Waals surface area contributed by atoms with E-state index in [0.717, 1.165) is 23.2 Å². The highest BCUT2D eigenvalue weighted by atomic mass is 16.5. The standard InChI is InChI=1S/C21H28N4O3/c1-13-6-7-18(16(4)9-13)25-22-17(5)20(23-25)21(27)28-12-19(26)24-10-14(2)8-15(3)11-24/h6-7,9,14-15H,8,10-12H2,1-5H3/t14-,15-/m0/s1. The first kappa shape index (κ1) is 20.0. The lowest BCUT2D eigenvalue weighted by Crippen LogP contribution is -2.44. The van der Waals surface area contributed by atoms with Gasteiger partial charge in [0.2, 0.25) is 0 Å². The molecular formula is C21H28N4O3. The molecule has 1 saturated heterocycles. The van der Waals surface area contributed by atoms with E-state index in [1.807, 2.05) is 32.0 Å². The Morgan fingerprint density at radius 2 is 1.79 bits per heavy atom. The highest BCUT2D eigenvalue weighted by molar-refractivity contribution is 5.90. The van der Waals surface area contributed by atoms with Crippen LogP contribution in [-0.2, 0) is 9.53 Å². The average Bonchev–Trinajstić information content (AvgIpc) is 3.00. The predicted octanol–water partition coefficient (Wildman–Crippen LogP) is 2.85. The van der Waals surface area contributed by atoms with E-state index < -0.39 is 5.97 Å². The van der Waals surface area contributed by atoms with E-state index in [0.29, 0.717) is 30.6 Å². The largest absolute Gasteiger partial charge is 0.451 e. The molecule has 3 rings (SSSR count). The highest BCUT2D eigenvalue weighted by Crippen LogP contribution is 2.21. The van der Waals surface area contributed by atoms with Crippen LogP contribution in [0.5, 0.6) is 0 Å². The number of amides is 1. The van der Waals surface area contributed by atoms with Gasteiger partial charge in [-0.25, -0.2) is 4.79 Å². The van der Waals surface area contributed by atoms with Gasteiger partial charge in [0, 0.05) is 13.1 Å². The molecule has 1 fully saturated rings. The first-order valence-electron chi connectivity index (χ1n) is 9.71. The van der Waals surface area contributed by atoms with Crippen LogP contribution in [0.2, 0.25) is 0 Å². The quantitative estimate of drug-likeness (QED) is 0.758. The molecule has 1 aromatic carbocycles. The Morgan fingerprint density at radius 1 is 1.11 bits per heavy atom. The number of hydrogen-bond acceptors (Lipinski definition) is 5. The number of aromatic nitrogens is 3. The summed E-state index contributed by atoms with van der Waals surface area (Å²) >= 11 is 0. The van der Waals surface area contributed by atoms with Crippen molar-refractivity contribution in [3.05, 3.63) is 40.7 Å². The van der Waals surface area contributed by atoms with Crippen LogP contribution in [0, 0.1) is 32.6 Å². The number of carbonyl (C=O) groups is 2. The topological polar surface area (TPSA) is 77.3 Å². The fourth-order valence-corrected chi connectivity index (χ4v) is 3.86. The third-order valence-electron chi connectivity index (χ3n) is 5.09. The van der Waals surface area contributed by atoms with E-state index in [4.69, 9.17) is 4.74 Å². The van der Waals surface area contributed by atoms with Crippen LogP contribution in [-0.4, -0.2) is 51.5 Å². The summed E-state index contributed by atoms with van der Waals surface area (Å²) in [4.78, 5) is 28.1. The second kappa shape index (κ2) is 8.12. The van der Waals surface area contributed by atoms with Gasteiger partial charge in [-0.05, 0) is 50.7 Å². The van der Waals surface area contributed by atoms with Crippen LogP contribution >= 0.6 is 0 Å². The number of aryl methyl sites for hydroxylation is 3. The van der Waals surface area contributed by atoms with Crippen molar-refractivity contribution in [3.63, 3.8) is 0 Å². The third-order valence-corrected chi connectivity index (χ3v) is 5.09. The van der Waals surface area contributed by atoms with Crippen molar-refractivity contribution in [1.82, 2.24) is 19.9 Å². The third kappa shape index (κ3) is 4.40. The molecule has 2 heterocycles. The van der Waals surface area contributed by atoms with E-state index >= 15 is 0 Å². The lowest BCUT2D eigenvalue weighted by atomic mass is 9.92. The van der Waals surface area contributed by atoms with Gasteiger partial charge in [-0.1, -0.05) is 31.5 Å². The van der Waals surface area contributed by atoms with Gasteiger partial charge >= 0.3 is 5.97 Å². The Kier molecular flexibility index (Phi) is 5.82. The lowest BCUT2D eigenvalue weighted by Gasteiger charge is -2.34. The zero-order valence-corrected chi connectivity index (χ0v) is 17.2. The molecule has 1 aliphatic heterocycles. The van der Waals surface area contributed by atoms with Crippen LogP contribution < -0.4 is 0 Å². The Morgan fingerprint density at radius 3 is 2.43 bits per heavy atom. The maximum absolute atomic E-state index is 12.5. The van der Waals surface area contributed by atoms with Crippen LogP contribution in [0.3, 0.4) is 0 Å². The summed E-state index contributed by atoms with van der Waals surface area (Å²) in [6.07, 6.45) is 1.12. The summed E-state index contributed by atoms with van der Waals surface area (Å²) in [7, 11) is 0. The van der Waals surface area contributed by atoms with Crippen molar-refractivity contribution in [2.75, 3.05) is 19.7 Å². The Bertz CT molecular complexity index is 880. The zero-order chi connectivity index (χ0) is 20.4. The lowest BCUT2D eigenvalue weighted by molar-refractivity contribution is -0.137. The number of ether oxygens (including phenoxy) is 1. The Labute approximate surface area is 165 Å². The molecule has 0 bridgehead atoms. The molecule has 0 radical (unpaired) electrons. The number of nitrogens with zero attached hydrogens (tertiary/aromatic N) is 4. The minimum Gasteiger partial charge on any atom is -0.451 e. The predicted molar refractivity (Wildman–Crippen MR) is 105 cm³/mol. The molecule has 1 aromatic heterocycles. The van der Waals surface area contributed by atoms with E-state index in [1.54, 1.807) is 11.8 Å². The summed E-state index contributed by atoms with van der Waals surface area (Å²) in [5, 5.41) is 8.63. The van der Waals surface area contributed by atoms with Crippen molar-refractivity contribution in [2.24, 2.45) is 11.8 Å². The normalized spacial score (nSPS) is 19.5. The van der Waals surface area contributed by atoms with Gasteiger partial charge in [-0.3, -0.25) is 4.79 Å². The monoisotopic (exact) mass is 384 g/mol. The summed E-state index contributed by atoms with van der Waals surface area (Å²) in [5.74, 6) is 0.137. The smallest absolute Gasteiger partial charge is 0.361 e. The maximum atomic E-state index is 12.5. The zero-order valence-electron chi connectivity index (χ0n) is 17.2. The molecule has 0 saturated carbocycles. The molecule has 7 heteroatoms. The first-order chi connectivity index (χ1) is 13.2. The van der Waals surface area contributed by atoms with Gasteiger partial charge < -0.3 is 9.64 Å². The van der Waals surface area contributed by atoms with Gasteiger partial charge in [0.25, 0.3) is 5.91 Å². The number of hydrogen-bond donors (Lipinski definition) is 0. The van der Waals surface area contributed by atoms with E-state index in [9.17, 15) is 9.59 Å². The van der Waals surface area contributed by atoms with Gasteiger partial charge in [0.05, 0.1) is 11.4 Å². The molecule has 0 aliphatic carbocycles. The molecule has 1 aliphatic rings. The molecule has 1 amide bonds. The van der Waals surface area contributed by atoms with Crippen molar-refractivity contribution in [1.29, 1.82) is 0 Å². The van der Waals surface area contributed by atoms with Crippen LogP contribution in [0.4, 0.5) is 0 Å². The van der Waals surface area contributed by atoms with Gasteiger partial charge in [-0.2, -0.15) is 9.90 Å². The maximum Gasteiger partial charge on any atom is 0.361 e. The first-order valence-corrected chi connectivity index (χ1v) is 9.71. The highest BCUT2D eigenvalue weighted by Gasteiger charge is 2.27. The van der Waals surface area contributed by atoms with Gasteiger partial charge in [-0.15, -0.1) is 5.10 Å². The summed E-state index contributed by atoms with van der Waals surface area (Å²) in [5.41, 5.74) is 3.56. The Balaban J connectivity index is 1.66. The van der Waals surface area contributed by atoms with Gasteiger partial charge in [0.15, 0.2) is 12.3 Å². The number of carbonyl (C=O) groups excluding carboxylic acids is 2. The molecule has 0 N–H and O–H groups in total. The summed E-state index contributed by atoms with van der Waals surface area (Å²) < 4.78 is 5.25. The van der Waals surface area contributed by atoms with E-state index in [1.165, 1.54) is 4.80 Å². The molecule has 7 nitrogen and oxygen atoms in total. The molecule has 28 heavy (non-hydrogen) atoms. The number of benzene rings is 1. The Hall–Kier alpha value is -2.70. The minimum absolute atomic E-state index is 0.133. The second-order valence-corrected chi connectivity index (χ2v) is 8.03. The fourth-order valence-electron chi connectivity index (χ4n) is 3.86. The number of esters is 1. The molecule has 0 unspecified atom stereocenters. The van der Waals surface area contributed by atoms with Crippen molar-refractivity contribution >= 4 is 11.9 Å². The van der Waals surface area contributed by atoms with E-state index in [2.05, 4.69) is 24.0 Å².